The van der Waals surface area contributed by atoms with Crippen LogP contribution in [0.5, 0.6) is 0 Å². The summed E-state index contributed by atoms with van der Waals surface area (Å²) in [5, 5.41) is 26.5. The Bertz CT molecular complexity index is 2550. The van der Waals surface area contributed by atoms with Crippen molar-refractivity contribution in [1.29, 1.82) is 0 Å². The van der Waals surface area contributed by atoms with Crippen molar-refractivity contribution in [2.45, 2.75) is 0 Å². The molecule has 16 heteroatoms. The fraction of sp³-hybridized carbons (Fsp3) is 0.0500. The molecule has 4 amide bonds. The van der Waals surface area contributed by atoms with Crippen LogP contribution < -0.4 is 21.3 Å². The maximum atomic E-state index is 12.2. The van der Waals surface area contributed by atoms with E-state index in [1.54, 1.807) is 26.2 Å². The third kappa shape index (κ3) is 8.48. The zero-order valence-electron chi connectivity index (χ0n) is 29.5. The van der Waals surface area contributed by atoms with Crippen molar-refractivity contribution in [3.05, 3.63) is 138 Å². The van der Waals surface area contributed by atoms with Crippen molar-refractivity contribution in [3.63, 3.8) is 0 Å². The number of benzene rings is 4. The summed E-state index contributed by atoms with van der Waals surface area (Å²) in [6, 6.07) is 34.0. The molecule has 12 nitrogen and oxygen atoms in total. The van der Waals surface area contributed by atoms with E-state index in [2.05, 4.69) is 73.5 Å². The van der Waals surface area contributed by atoms with Crippen LogP contribution in [0.15, 0.2) is 117 Å². The van der Waals surface area contributed by atoms with Gasteiger partial charge in [0, 0.05) is 36.2 Å². The first kappa shape index (κ1) is 38.3. The summed E-state index contributed by atoms with van der Waals surface area (Å²) in [7, 11) is 3.16. The zero-order chi connectivity index (χ0) is 39.3. The maximum absolute atomic E-state index is 12.2. The molecule has 4 aromatic heterocycles. The van der Waals surface area contributed by atoms with E-state index in [1.165, 1.54) is 22.7 Å². The molecule has 4 heterocycles. The maximum Gasteiger partial charge on any atom is 0.272 e. The number of thiophene rings is 2. The molecule has 0 aliphatic rings. The summed E-state index contributed by atoms with van der Waals surface area (Å²) in [6.45, 7) is 0. The number of aromatic amines is 2. The molecule has 0 radical (unpaired) electrons. The van der Waals surface area contributed by atoms with Crippen molar-refractivity contribution in [1.82, 2.24) is 31.0 Å². The monoisotopic (exact) mass is 908 g/mol. The van der Waals surface area contributed by atoms with Gasteiger partial charge in [-0.1, -0.05) is 36.4 Å². The highest BCUT2D eigenvalue weighted by Crippen LogP contribution is 2.29. The number of hydrogen-bond acceptors (Lipinski definition) is 8. The van der Waals surface area contributed by atoms with E-state index in [-0.39, 0.29) is 23.6 Å². The quantitative estimate of drug-likeness (QED) is 0.0887. The second-order valence-electron chi connectivity index (χ2n) is 12.1. The fourth-order valence-corrected chi connectivity index (χ4v) is 8.29. The summed E-state index contributed by atoms with van der Waals surface area (Å²) in [5.74, 6) is -0.721. The molecule has 0 aliphatic carbocycles. The molecular weight excluding hydrogens is 880 g/mol. The predicted octanol–water partition coefficient (Wildman–Crippen LogP) is 9.33. The van der Waals surface area contributed by atoms with Gasteiger partial charge in [0.1, 0.15) is 0 Å². The average Bonchev–Trinajstić information content (AvgIpc) is 4.04. The van der Waals surface area contributed by atoms with Crippen molar-refractivity contribution in [3.8, 4) is 22.3 Å². The number of rotatable bonds is 8. The number of amides is 4. The standard InChI is InChI=1S/2C20H15BrN4O2S/c2*1-22-20(27)18-14-7-4-12(10-15(14)24-25-18)11-2-5-13(6-3-11)23-19(26)16-8-9-17(21)28-16/h2*2-10H,1H3,(H,22,27)(H,23,26)(H,24,25). The number of halogens is 2. The molecule has 0 aliphatic heterocycles. The lowest BCUT2D eigenvalue weighted by atomic mass is 10.0. The summed E-state index contributed by atoms with van der Waals surface area (Å²) >= 11 is 9.50. The highest BCUT2D eigenvalue weighted by Gasteiger charge is 2.15. The number of nitrogens with zero attached hydrogens (tertiary/aromatic N) is 2. The Morgan fingerprint density at radius 1 is 0.500 bits per heavy atom. The zero-order valence-corrected chi connectivity index (χ0v) is 34.3. The first-order valence-corrected chi connectivity index (χ1v) is 20.1. The molecule has 6 N–H and O–H groups in total. The lowest BCUT2D eigenvalue weighted by molar-refractivity contribution is 0.0951. The SMILES string of the molecule is CNC(=O)c1n[nH]c2cc(-c3ccc(NC(=O)c4ccc(Br)s4)cc3)ccc12.CNC(=O)c1n[nH]c2cc(-c3ccc(NC(=O)c4ccc(Br)s4)cc3)ccc12. The van der Waals surface area contributed by atoms with Gasteiger partial charge < -0.3 is 21.3 Å². The number of anilines is 2. The van der Waals surface area contributed by atoms with Crippen LogP contribution >= 0.6 is 54.5 Å². The highest BCUT2D eigenvalue weighted by molar-refractivity contribution is 9.11. The van der Waals surface area contributed by atoms with Crippen LogP contribution in [0.3, 0.4) is 0 Å². The van der Waals surface area contributed by atoms with Gasteiger partial charge in [0.15, 0.2) is 11.4 Å². The van der Waals surface area contributed by atoms with Gasteiger partial charge in [0.05, 0.1) is 28.4 Å². The molecule has 0 saturated carbocycles. The Hall–Kier alpha value is -5.94. The lowest BCUT2D eigenvalue weighted by Crippen LogP contribution is -2.18. The third-order valence-electron chi connectivity index (χ3n) is 8.56. The van der Waals surface area contributed by atoms with Gasteiger partial charge in [0.25, 0.3) is 23.6 Å². The normalized spacial score (nSPS) is 10.8. The molecule has 8 rings (SSSR count). The largest absolute Gasteiger partial charge is 0.354 e. The first-order chi connectivity index (χ1) is 27.1. The average molecular weight is 911 g/mol. The Balaban J connectivity index is 0.000000172. The minimum absolute atomic E-state index is 0.135. The molecule has 8 aromatic rings. The second-order valence-corrected chi connectivity index (χ2v) is 17.0. The van der Waals surface area contributed by atoms with E-state index in [9.17, 15) is 19.2 Å². The van der Waals surface area contributed by atoms with Crippen molar-refractivity contribution >= 4 is 111 Å². The number of carbonyl (C=O) groups is 4. The minimum atomic E-state index is -0.225. The Morgan fingerprint density at radius 3 is 1.21 bits per heavy atom. The van der Waals surface area contributed by atoms with Gasteiger partial charge in [-0.2, -0.15) is 10.2 Å². The Morgan fingerprint density at radius 2 is 0.875 bits per heavy atom. The summed E-state index contributed by atoms with van der Waals surface area (Å²) in [4.78, 5) is 49.5. The summed E-state index contributed by atoms with van der Waals surface area (Å²) in [5.41, 5.74) is 7.74. The van der Waals surface area contributed by atoms with Gasteiger partial charge in [-0.15, -0.1) is 22.7 Å². The van der Waals surface area contributed by atoms with Crippen LogP contribution in [-0.2, 0) is 0 Å². The molecule has 4 aromatic carbocycles. The molecule has 0 spiro atoms. The number of H-pyrrole nitrogens is 2. The van der Waals surface area contributed by atoms with E-state index in [1.807, 2.05) is 97.1 Å². The van der Waals surface area contributed by atoms with Crippen molar-refractivity contribution in [2.24, 2.45) is 0 Å². The number of nitrogens with one attached hydrogen (secondary N) is 6. The van der Waals surface area contributed by atoms with Crippen LogP contribution in [0.1, 0.15) is 40.3 Å². The first-order valence-electron chi connectivity index (χ1n) is 16.8. The highest BCUT2D eigenvalue weighted by atomic mass is 79.9. The van der Waals surface area contributed by atoms with Crippen LogP contribution in [-0.4, -0.2) is 58.1 Å². The number of fused-ring (bicyclic) bond motifs is 2. The van der Waals surface area contributed by atoms with Crippen LogP contribution in [0, 0.1) is 0 Å². The Kier molecular flexibility index (Phi) is 11.5. The molecule has 0 unspecified atom stereocenters. The van der Waals surface area contributed by atoms with E-state index < -0.39 is 0 Å². The second kappa shape index (κ2) is 16.8. The molecule has 0 atom stereocenters. The molecule has 0 bridgehead atoms. The van der Waals surface area contributed by atoms with Gasteiger partial charge in [0.2, 0.25) is 0 Å². The Labute approximate surface area is 344 Å². The molecule has 280 valence electrons. The van der Waals surface area contributed by atoms with Crippen molar-refractivity contribution < 1.29 is 19.2 Å². The van der Waals surface area contributed by atoms with Crippen LogP contribution in [0.4, 0.5) is 11.4 Å². The van der Waals surface area contributed by atoms with Crippen LogP contribution in [0.2, 0.25) is 0 Å². The van der Waals surface area contributed by atoms with E-state index >= 15 is 0 Å². The van der Waals surface area contributed by atoms with Gasteiger partial charge >= 0.3 is 0 Å². The molecular formula is C40H30Br2N8O4S2. The summed E-state index contributed by atoms with van der Waals surface area (Å²) in [6.07, 6.45) is 0. The molecule has 0 saturated heterocycles. The van der Waals surface area contributed by atoms with E-state index in [0.29, 0.717) is 21.1 Å². The number of aromatic nitrogens is 4. The smallest absolute Gasteiger partial charge is 0.272 e. The van der Waals surface area contributed by atoms with E-state index in [0.717, 1.165) is 63.0 Å². The van der Waals surface area contributed by atoms with E-state index in [4.69, 9.17) is 0 Å². The van der Waals surface area contributed by atoms with Crippen LogP contribution in [0.25, 0.3) is 44.1 Å². The third-order valence-corrected chi connectivity index (χ3v) is 11.8. The van der Waals surface area contributed by atoms with Gasteiger partial charge in [-0.25, -0.2) is 0 Å². The van der Waals surface area contributed by atoms with Gasteiger partial charge in [-0.3, -0.25) is 29.4 Å². The predicted molar refractivity (Wildman–Crippen MR) is 230 cm³/mol. The van der Waals surface area contributed by atoms with Crippen molar-refractivity contribution in [2.75, 3.05) is 24.7 Å². The van der Waals surface area contributed by atoms with Gasteiger partial charge in [-0.05, 0) is 127 Å². The fourth-order valence-electron chi connectivity index (χ4n) is 5.73. The summed E-state index contributed by atoms with van der Waals surface area (Å²) < 4.78 is 1.84. The molecule has 0 fully saturated rings. The minimum Gasteiger partial charge on any atom is -0.354 e. The number of carbonyl (C=O) groups excluding carboxylic acids is 4. The topological polar surface area (TPSA) is 174 Å². The lowest BCUT2D eigenvalue weighted by Gasteiger charge is -2.06. The molecule has 56 heavy (non-hydrogen) atoms. The number of hydrogen-bond donors (Lipinski definition) is 6.